The van der Waals surface area contributed by atoms with Crippen LogP contribution in [0.1, 0.15) is 70.4 Å². The minimum absolute atomic E-state index is 0.338. The van der Waals surface area contributed by atoms with E-state index in [1.165, 1.54) is 31.2 Å². The summed E-state index contributed by atoms with van der Waals surface area (Å²) in [6.07, 6.45) is 8.90. The second kappa shape index (κ2) is 8.65. The predicted molar refractivity (Wildman–Crippen MR) is 90.3 cm³/mol. The number of halogens is 1. The van der Waals surface area contributed by atoms with E-state index >= 15 is 0 Å². The molecule has 0 fully saturated rings. The van der Waals surface area contributed by atoms with E-state index < -0.39 is 0 Å². The van der Waals surface area contributed by atoms with Gasteiger partial charge in [-0.05, 0) is 44.0 Å². The van der Waals surface area contributed by atoms with Gasteiger partial charge in [0.1, 0.15) is 11.9 Å². The van der Waals surface area contributed by atoms with Crippen LogP contribution in [0, 0.1) is 0 Å². The highest BCUT2D eigenvalue weighted by atomic mass is 35.5. The highest BCUT2D eigenvalue weighted by molar-refractivity contribution is 6.30. The molecule has 0 saturated carbocycles. The van der Waals surface area contributed by atoms with Gasteiger partial charge >= 0.3 is 0 Å². The predicted octanol–water partition coefficient (Wildman–Crippen LogP) is 5.50. The highest BCUT2D eigenvalue weighted by Gasteiger charge is 2.27. The topological polar surface area (TPSA) is 21.3 Å². The smallest absolute Gasteiger partial charge is 0.124 e. The zero-order valence-corrected chi connectivity index (χ0v) is 14.1. The molecule has 2 nitrogen and oxygen atoms in total. The summed E-state index contributed by atoms with van der Waals surface area (Å²) in [4.78, 5) is 0. The van der Waals surface area contributed by atoms with E-state index in [1.54, 1.807) is 0 Å². The molecule has 0 bridgehead atoms. The van der Waals surface area contributed by atoms with Crippen LogP contribution < -0.4 is 10.1 Å². The molecule has 2 unspecified atom stereocenters. The molecule has 1 aliphatic rings. The van der Waals surface area contributed by atoms with Crippen LogP contribution in [0.4, 0.5) is 0 Å². The zero-order chi connectivity index (χ0) is 15.1. The van der Waals surface area contributed by atoms with Crippen molar-refractivity contribution in [3.05, 3.63) is 28.8 Å². The van der Waals surface area contributed by atoms with Crippen molar-refractivity contribution < 1.29 is 4.74 Å². The molecule has 0 amide bonds. The van der Waals surface area contributed by atoms with Crippen molar-refractivity contribution in [1.82, 2.24) is 5.32 Å². The summed E-state index contributed by atoms with van der Waals surface area (Å²) in [5.74, 6) is 1.01. The quantitative estimate of drug-likeness (QED) is 0.640. The Hall–Kier alpha value is -0.730. The average Bonchev–Trinajstić information content (AvgIpc) is 2.49. The molecular weight excluding hydrogens is 282 g/mol. The Kier molecular flexibility index (Phi) is 6.85. The first-order valence-corrected chi connectivity index (χ1v) is 8.81. The molecule has 0 aromatic heterocycles. The highest BCUT2D eigenvalue weighted by Crippen LogP contribution is 2.37. The van der Waals surface area contributed by atoms with Gasteiger partial charge in [0.15, 0.2) is 0 Å². The number of fused-ring (bicyclic) bond motifs is 1. The third kappa shape index (κ3) is 4.89. The fourth-order valence-electron chi connectivity index (χ4n) is 3.00. The third-order valence-corrected chi connectivity index (χ3v) is 4.39. The summed E-state index contributed by atoms with van der Waals surface area (Å²) < 4.78 is 6.18. The molecular formula is C18H28ClNO. The van der Waals surface area contributed by atoms with Crippen LogP contribution in [0.15, 0.2) is 18.2 Å². The van der Waals surface area contributed by atoms with Gasteiger partial charge < -0.3 is 10.1 Å². The van der Waals surface area contributed by atoms with Gasteiger partial charge in [0.05, 0.1) is 0 Å². The number of unbranched alkanes of at least 4 members (excludes halogenated alkanes) is 3. The molecule has 0 radical (unpaired) electrons. The van der Waals surface area contributed by atoms with Crippen LogP contribution in [-0.4, -0.2) is 12.6 Å². The fraction of sp³-hybridized carbons (Fsp3) is 0.667. The molecule has 21 heavy (non-hydrogen) atoms. The first kappa shape index (κ1) is 16.6. The van der Waals surface area contributed by atoms with E-state index in [0.29, 0.717) is 12.1 Å². The first-order chi connectivity index (χ1) is 10.2. The Morgan fingerprint density at radius 2 is 2.05 bits per heavy atom. The summed E-state index contributed by atoms with van der Waals surface area (Å²) >= 11 is 6.15. The van der Waals surface area contributed by atoms with E-state index in [1.807, 2.05) is 12.1 Å². The average molecular weight is 310 g/mol. The van der Waals surface area contributed by atoms with Gasteiger partial charge in [-0.15, -0.1) is 0 Å². The van der Waals surface area contributed by atoms with Gasteiger partial charge in [-0.1, -0.05) is 44.7 Å². The largest absolute Gasteiger partial charge is 0.490 e. The van der Waals surface area contributed by atoms with Crippen molar-refractivity contribution in [2.75, 3.05) is 6.54 Å². The van der Waals surface area contributed by atoms with Gasteiger partial charge in [-0.25, -0.2) is 0 Å². The number of nitrogens with one attached hydrogen (secondary N) is 1. The van der Waals surface area contributed by atoms with E-state index in [2.05, 4.69) is 25.2 Å². The lowest BCUT2D eigenvalue weighted by atomic mass is 9.93. The SMILES string of the molecule is CCCCCCC1CC(NCCC)c2cc(Cl)ccc2O1. The second-order valence-corrected chi connectivity index (χ2v) is 6.45. The zero-order valence-electron chi connectivity index (χ0n) is 13.3. The van der Waals surface area contributed by atoms with Crippen LogP contribution >= 0.6 is 11.6 Å². The van der Waals surface area contributed by atoms with E-state index in [4.69, 9.17) is 16.3 Å². The van der Waals surface area contributed by atoms with Crippen LogP contribution in [0.25, 0.3) is 0 Å². The van der Waals surface area contributed by atoms with Crippen LogP contribution in [0.3, 0.4) is 0 Å². The van der Waals surface area contributed by atoms with Crippen molar-refractivity contribution in [3.8, 4) is 5.75 Å². The summed E-state index contributed by atoms with van der Waals surface area (Å²) in [7, 11) is 0. The third-order valence-electron chi connectivity index (χ3n) is 4.16. The van der Waals surface area contributed by atoms with Crippen molar-refractivity contribution in [1.29, 1.82) is 0 Å². The Morgan fingerprint density at radius 1 is 1.19 bits per heavy atom. The van der Waals surface area contributed by atoms with Crippen molar-refractivity contribution in [2.45, 2.75) is 70.9 Å². The Morgan fingerprint density at radius 3 is 2.81 bits per heavy atom. The molecule has 0 aliphatic carbocycles. The van der Waals surface area contributed by atoms with E-state index in [-0.39, 0.29) is 0 Å². The van der Waals surface area contributed by atoms with Gasteiger partial charge in [-0.3, -0.25) is 0 Å². The van der Waals surface area contributed by atoms with Crippen LogP contribution in [-0.2, 0) is 0 Å². The molecule has 1 heterocycles. The second-order valence-electron chi connectivity index (χ2n) is 6.01. The molecule has 1 aromatic rings. The minimum atomic E-state index is 0.338. The van der Waals surface area contributed by atoms with Gasteiger partial charge in [0.25, 0.3) is 0 Å². The number of rotatable bonds is 8. The molecule has 2 atom stereocenters. The minimum Gasteiger partial charge on any atom is -0.490 e. The summed E-state index contributed by atoms with van der Waals surface area (Å²) in [6, 6.07) is 6.38. The van der Waals surface area contributed by atoms with Gasteiger partial charge in [-0.2, -0.15) is 0 Å². The van der Waals surface area contributed by atoms with Crippen molar-refractivity contribution >= 4 is 11.6 Å². The molecule has 3 heteroatoms. The lowest BCUT2D eigenvalue weighted by Gasteiger charge is -2.33. The lowest BCUT2D eigenvalue weighted by molar-refractivity contribution is 0.138. The van der Waals surface area contributed by atoms with E-state index in [0.717, 1.165) is 36.6 Å². The molecule has 0 saturated heterocycles. The maximum Gasteiger partial charge on any atom is 0.124 e. The molecule has 1 aromatic carbocycles. The monoisotopic (exact) mass is 309 g/mol. The Bertz CT molecular complexity index is 435. The summed E-state index contributed by atoms with van der Waals surface area (Å²) in [5.41, 5.74) is 1.22. The number of benzene rings is 1. The van der Waals surface area contributed by atoms with Crippen LogP contribution in [0.2, 0.25) is 5.02 Å². The fourth-order valence-corrected chi connectivity index (χ4v) is 3.18. The normalized spacial score (nSPS) is 20.9. The molecule has 118 valence electrons. The number of hydrogen-bond donors (Lipinski definition) is 1. The molecule has 2 rings (SSSR count). The first-order valence-electron chi connectivity index (χ1n) is 8.44. The van der Waals surface area contributed by atoms with Crippen LogP contribution in [0.5, 0.6) is 5.75 Å². The number of hydrogen-bond acceptors (Lipinski definition) is 2. The summed E-state index contributed by atoms with van der Waals surface area (Å²) in [6.45, 7) is 5.49. The van der Waals surface area contributed by atoms with E-state index in [9.17, 15) is 0 Å². The number of ether oxygens (including phenoxy) is 1. The Labute approximate surface area is 134 Å². The lowest BCUT2D eigenvalue weighted by Crippen LogP contribution is -2.33. The van der Waals surface area contributed by atoms with Crippen molar-refractivity contribution in [2.24, 2.45) is 0 Å². The van der Waals surface area contributed by atoms with Gasteiger partial charge in [0, 0.05) is 23.0 Å². The standard InChI is InChI=1S/C18H28ClNO/c1-3-5-6-7-8-15-13-17(20-11-4-2)16-12-14(19)9-10-18(16)21-15/h9-10,12,15,17,20H,3-8,11,13H2,1-2H3. The van der Waals surface area contributed by atoms with Crippen molar-refractivity contribution in [3.63, 3.8) is 0 Å². The maximum atomic E-state index is 6.18. The maximum absolute atomic E-state index is 6.18. The van der Waals surface area contributed by atoms with Gasteiger partial charge in [0.2, 0.25) is 0 Å². The molecule has 1 N–H and O–H groups in total. The summed E-state index contributed by atoms with van der Waals surface area (Å²) in [5, 5.41) is 4.44. The molecule has 0 spiro atoms. The molecule has 1 aliphatic heterocycles. The Balaban J connectivity index is 2.00.